The van der Waals surface area contributed by atoms with E-state index in [4.69, 9.17) is 0 Å². The summed E-state index contributed by atoms with van der Waals surface area (Å²) in [6, 6.07) is 12.0. The van der Waals surface area contributed by atoms with Gasteiger partial charge in [-0.2, -0.15) is 0 Å². The number of carbonyl (C=O) groups excluding carboxylic acids is 1. The van der Waals surface area contributed by atoms with E-state index in [1.54, 1.807) is 25.1 Å². The van der Waals surface area contributed by atoms with Crippen LogP contribution in [0.1, 0.15) is 22.8 Å². The quantitative estimate of drug-likeness (QED) is 0.652. The molecule has 3 aromatic rings. The van der Waals surface area contributed by atoms with E-state index in [0.717, 1.165) is 0 Å². The van der Waals surface area contributed by atoms with Crippen LogP contribution in [0.4, 0.5) is 24.7 Å². The van der Waals surface area contributed by atoms with Crippen LogP contribution in [0.25, 0.3) is 0 Å². The molecule has 0 saturated carbocycles. The lowest BCUT2D eigenvalue weighted by atomic mass is 10.1. The van der Waals surface area contributed by atoms with Crippen molar-refractivity contribution in [2.45, 2.75) is 19.4 Å². The Morgan fingerprint density at radius 3 is 2.46 bits per heavy atom. The Kier molecular flexibility index (Phi) is 5.93. The van der Waals surface area contributed by atoms with E-state index in [0.29, 0.717) is 5.69 Å². The number of anilines is 2. The molecule has 1 atom stereocenters. The lowest BCUT2D eigenvalue weighted by Gasteiger charge is -2.16. The topological polar surface area (TPSA) is 54.0 Å². The molecule has 1 heterocycles. The van der Waals surface area contributed by atoms with E-state index in [1.165, 1.54) is 42.6 Å². The van der Waals surface area contributed by atoms with Gasteiger partial charge in [-0.05, 0) is 55.8 Å². The zero-order chi connectivity index (χ0) is 20.1. The molecule has 1 aromatic heterocycles. The van der Waals surface area contributed by atoms with Gasteiger partial charge in [-0.3, -0.25) is 4.79 Å². The van der Waals surface area contributed by atoms with Gasteiger partial charge in [-0.15, -0.1) is 0 Å². The number of hydrogen-bond acceptors (Lipinski definition) is 3. The molecule has 0 fully saturated rings. The molecule has 2 aromatic carbocycles. The van der Waals surface area contributed by atoms with Crippen LogP contribution in [-0.2, 0) is 6.42 Å². The van der Waals surface area contributed by atoms with Crippen LogP contribution < -0.4 is 10.6 Å². The van der Waals surface area contributed by atoms with Crippen molar-refractivity contribution in [1.29, 1.82) is 0 Å². The fourth-order valence-electron chi connectivity index (χ4n) is 2.78. The highest BCUT2D eigenvalue weighted by Gasteiger charge is 2.18. The Balaban J connectivity index is 1.74. The molecule has 0 aliphatic rings. The molecule has 0 aliphatic heterocycles. The van der Waals surface area contributed by atoms with Crippen molar-refractivity contribution in [3.8, 4) is 0 Å². The molecule has 1 amide bonds. The van der Waals surface area contributed by atoms with Crippen LogP contribution in [0.3, 0.4) is 0 Å². The SMILES string of the molecule is C[C@@H](Cc1c(F)cccc1F)NC(=O)c1cccnc1Nc1cccc(F)c1. The Bertz CT molecular complexity index is 974. The molecule has 3 rings (SSSR count). The number of rotatable bonds is 6. The summed E-state index contributed by atoms with van der Waals surface area (Å²) >= 11 is 0. The molecule has 7 heteroatoms. The van der Waals surface area contributed by atoms with Crippen molar-refractivity contribution < 1.29 is 18.0 Å². The van der Waals surface area contributed by atoms with Gasteiger partial charge in [-0.1, -0.05) is 12.1 Å². The molecule has 0 saturated heterocycles. The van der Waals surface area contributed by atoms with Crippen LogP contribution in [-0.4, -0.2) is 16.9 Å². The molecule has 144 valence electrons. The van der Waals surface area contributed by atoms with Gasteiger partial charge in [0.05, 0.1) is 5.56 Å². The molecule has 28 heavy (non-hydrogen) atoms. The third-order valence-corrected chi connectivity index (χ3v) is 4.09. The molecule has 0 bridgehead atoms. The summed E-state index contributed by atoms with van der Waals surface area (Å²) in [6.07, 6.45) is 1.49. The van der Waals surface area contributed by atoms with E-state index in [9.17, 15) is 18.0 Å². The number of halogens is 3. The zero-order valence-corrected chi connectivity index (χ0v) is 15.0. The van der Waals surface area contributed by atoms with Crippen molar-refractivity contribution in [2.75, 3.05) is 5.32 Å². The Hall–Kier alpha value is -3.35. The predicted molar refractivity (Wildman–Crippen MR) is 101 cm³/mol. The van der Waals surface area contributed by atoms with E-state index >= 15 is 0 Å². The summed E-state index contributed by atoms with van der Waals surface area (Å²) in [7, 11) is 0. The number of aromatic nitrogens is 1. The summed E-state index contributed by atoms with van der Waals surface area (Å²) in [6.45, 7) is 1.65. The van der Waals surface area contributed by atoms with Crippen LogP contribution >= 0.6 is 0 Å². The molecular formula is C21H18F3N3O. The van der Waals surface area contributed by atoms with Gasteiger partial charge < -0.3 is 10.6 Å². The summed E-state index contributed by atoms with van der Waals surface area (Å²) in [4.78, 5) is 16.8. The Morgan fingerprint density at radius 2 is 1.75 bits per heavy atom. The molecule has 0 radical (unpaired) electrons. The number of benzene rings is 2. The fraction of sp³-hybridized carbons (Fsp3) is 0.143. The van der Waals surface area contributed by atoms with Gasteiger partial charge in [0.1, 0.15) is 23.3 Å². The summed E-state index contributed by atoms with van der Waals surface area (Å²) in [5.74, 6) is -1.95. The zero-order valence-electron chi connectivity index (χ0n) is 15.0. The minimum absolute atomic E-state index is 0.00281. The summed E-state index contributed by atoms with van der Waals surface area (Å²) in [5.41, 5.74) is 0.585. The van der Waals surface area contributed by atoms with Crippen molar-refractivity contribution >= 4 is 17.4 Å². The predicted octanol–water partition coefficient (Wildman–Crippen LogP) is 4.60. The van der Waals surface area contributed by atoms with E-state index < -0.39 is 29.4 Å². The minimum Gasteiger partial charge on any atom is -0.349 e. The monoisotopic (exact) mass is 385 g/mol. The number of nitrogens with zero attached hydrogens (tertiary/aromatic N) is 1. The van der Waals surface area contributed by atoms with Gasteiger partial charge in [0.2, 0.25) is 0 Å². The number of pyridine rings is 1. The van der Waals surface area contributed by atoms with Gasteiger partial charge in [0.15, 0.2) is 0 Å². The largest absolute Gasteiger partial charge is 0.349 e. The summed E-state index contributed by atoms with van der Waals surface area (Å²) in [5, 5.41) is 5.61. The maximum Gasteiger partial charge on any atom is 0.255 e. The van der Waals surface area contributed by atoms with E-state index in [1.807, 2.05) is 0 Å². The molecule has 0 unspecified atom stereocenters. The standard InChI is InChI=1S/C21H18F3N3O/c1-13(11-17-18(23)8-3-9-19(17)24)26-21(28)16-7-4-10-25-20(16)27-15-6-2-5-14(22)12-15/h2-10,12-13H,11H2,1H3,(H,25,27)(H,26,28)/t13-/m0/s1. The maximum absolute atomic E-state index is 13.8. The smallest absolute Gasteiger partial charge is 0.255 e. The lowest BCUT2D eigenvalue weighted by molar-refractivity contribution is 0.0940. The van der Waals surface area contributed by atoms with Gasteiger partial charge in [0, 0.05) is 23.5 Å². The Labute approximate surface area is 160 Å². The first kappa shape index (κ1) is 19.4. The van der Waals surface area contributed by atoms with Crippen molar-refractivity contribution in [3.05, 3.63) is 89.4 Å². The van der Waals surface area contributed by atoms with Gasteiger partial charge in [0.25, 0.3) is 5.91 Å². The number of hydrogen-bond donors (Lipinski definition) is 2. The second kappa shape index (κ2) is 8.56. The highest BCUT2D eigenvalue weighted by Crippen LogP contribution is 2.20. The van der Waals surface area contributed by atoms with Crippen molar-refractivity contribution in [1.82, 2.24) is 10.3 Å². The lowest BCUT2D eigenvalue weighted by Crippen LogP contribution is -2.35. The molecule has 2 N–H and O–H groups in total. The normalized spacial score (nSPS) is 11.7. The molecule has 4 nitrogen and oxygen atoms in total. The van der Waals surface area contributed by atoms with E-state index in [-0.39, 0.29) is 23.4 Å². The highest BCUT2D eigenvalue weighted by molar-refractivity contribution is 5.99. The second-order valence-corrected chi connectivity index (χ2v) is 6.31. The first-order valence-electron chi connectivity index (χ1n) is 8.65. The molecule has 0 spiro atoms. The van der Waals surface area contributed by atoms with Crippen molar-refractivity contribution in [3.63, 3.8) is 0 Å². The third kappa shape index (κ3) is 4.68. The maximum atomic E-state index is 13.8. The Morgan fingerprint density at radius 1 is 1.04 bits per heavy atom. The minimum atomic E-state index is -0.657. The third-order valence-electron chi connectivity index (χ3n) is 4.09. The van der Waals surface area contributed by atoms with Crippen LogP contribution in [0, 0.1) is 17.5 Å². The number of carbonyl (C=O) groups is 1. The van der Waals surface area contributed by atoms with Crippen LogP contribution in [0.2, 0.25) is 0 Å². The average Bonchev–Trinajstić information content (AvgIpc) is 2.65. The van der Waals surface area contributed by atoms with Crippen LogP contribution in [0.5, 0.6) is 0 Å². The second-order valence-electron chi connectivity index (χ2n) is 6.31. The first-order valence-corrected chi connectivity index (χ1v) is 8.65. The molecular weight excluding hydrogens is 367 g/mol. The first-order chi connectivity index (χ1) is 13.4. The van der Waals surface area contributed by atoms with Gasteiger partial charge in [-0.25, -0.2) is 18.2 Å². The average molecular weight is 385 g/mol. The summed E-state index contributed by atoms with van der Waals surface area (Å²) < 4.78 is 41.0. The fourth-order valence-corrected chi connectivity index (χ4v) is 2.78. The number of nitrogens with one attached hydrogen (secondary N) is 2. The van der Waals surface area contributed by atoms with Crippen molar-refractivity contribution in [2.24, 2.45) is 0 Å². The van der Waals surface area contributed by atoms with E-state index in [2.05, 4.69) is 15.6 Å². The number of amides is 1. The van der Waals surface area contributed by atoms with Gasteiger partial charge >= 0.3 is 0 Å². The highest BCUT2D eigenvalue weighted by atomic mass is 19.1. The van der Waals surface area contributed by atoms with Crippen LogP contribution in [0.15, 0.2) is 60.8 Å². The molecule has 0 aliphatic carbocycles.